The number of carboxylic acid groups (broad SMARTS) is 1. The molecule has 1 aliphatic rings. The summed E-state index contributed by atoms with van der Waals surface area (Å²) in [7, 11) is 0. The van der Waals surface area contributed by atoms with Gasteiger partial charge in [0.2, 0.25) is 5.78 Å². The van der Waals surface area contributed by atoms with Crippen LogP contribution >= 0.6 is 0 Å². The quantitative estimate of drug-likeness (QED) is 0.493. The molecule has 0 aliphatic heterocycles. The number of hydrogen-bond acceptors (Lipinski definition) is 7. The number of carbonyl (C=O) groups is 2. The van der Waals surface area contributed by atoms with Crippen LogP contribution in [0.2, 0.25) is 0 Å². The number of imidazole rings is 1. The van der Waals surface area contributed by atoms with Crippen LogP contribution in [0.25, 0.3) is 22.2 Å². The first kappa shape index (κ1) is 19.1. The Bertz CT molecular complexity index is 1340. The van der Waals surface area contributed by atoms with Crippen molar-refractivity contribution in [2.45, 2.75) is 39.5 Å². The fourth-order valence-electron chi connectivity index (χ4n) is 3.88. The largest absolute Gasteiger partial charge is 0.464 e. The summed E-state index contributed by atoms with van der Waals surface area (Å²) >= 11 is 0. The summed E-state index contributed by atoms with van der Waals surface area (Å²) in [4.78, 5) is 30.1. The van der Waals surface area contributed by atoms with Gasteiger partial charge in [-0.2, -0.15) is 5.10 Å². The first-order valence-corrected chi connectivity index (χ1v) is 9.93. The van der Waals surface area contributed by atoms with Crippen molar-refractivity contribution in [3.05, 3.63) is 58.5 Å². The molecule has 1 N–H and O–H groups in total. The molecule has 9 heteroatoms. The summed E-state index contributed by atoms with van der Waals surface area (Å²) in [5.41, 5.74) is 3.83. The van der Waals surface area contributed by atoms with Gasteiger partial charge in [-0.3, -0.25) is 4.79 Å². The summed E-state index contributed by atoms with van der Waals surface area (Å²) < 4.78 is 6.48. The second kappa shape index (κ2) is 6.83. The number of ketones is 1. The van der Waals surface area contributed by atoms with Crippen LogP contribution in [0.1, 0.15) is 57.8 Å². The van der Waals surface area contributed by atoms with E-state index in [2.05, 4.69) is 20.3 Å². The van der Waals surface area contributed by atoms with Crippen molar-refractivity contribution in [2.75, 3.05) is 0 Å². The van der Waals surface area contributed by atoms with E-state index in [1.54, 1.807) is 45.0 Å². The Balaban J connectivity index is 1.82. The second-order valence-corrected chi connectivity index (χ2v) is 7.84. The predicted octanol–water partition coefficient (Wildman–Crippen LogP) is 4.04. The van der Waals surface area contributed by atoms with Crippen LogP contribution in [0.15, 0.2) is 28.8 Å². The van der Waals surface area contributed by atoms with E-state index in [0.29, 0.717) is 39.6 Å². The van der Waals surface area contributed by atoms with Gasteiger partial charge in [-0.1, -0.05) is 5.16 Å². The molecule has 0 bridgehead atoms. The predicted molar refractivity (Wildman–Crippen MR) is 110 cm³/mol. The lowest BCUT2D eigenvalue weighted by molar-refractivity contribution is 0.103. The summed E-state index contributed by atoms with van der Waals surface area (Å²) in [6.45, 7) is 5.36. The molecule has 1 fully saturated rings. The van der Waals surface area contributed by atoms with Gasteiger partial charge in [0.05, 0.1) is 22.5 Å². The maximum Gasteiger partial charge on any atom is 0.417 e. The third kappa shape index (κ3) is 3.09. The summed E-state index contributed by atoms with van der Waals surface area (Å²) in [6.07, 6.45) is 0.619. The number of aryl methyl sites for hydroxylation is 3. The fourth-order valence-corrected chi connectivity index (χ4v) is 3.88. The molecule has 0 spiro atoms. The Morgan fingerprint density at radius 3 is 2.48 bits per heavy atom. The van der Waals surface area contributed by atoms with Gasteiger partial charge in [0, 0.05) is 11.5 Å². The smallest absolute Gasteiger partial charge is 0.417 e. The monoisotopic (exact) mass is 417 g/mol. The maximum atomic E-state index is 13.4. The Hall–Kier alpha value is -3.88. The molecule has 1 aromatic carbocycles. The molecule has 0 atom stereocenters. The van der Waals surface area contributed by atoms with Gasteiger partial charge < -0.3 is 9.63 Å². The van der Waals surface area contributed by atoms with Crippen LogP contribution in [0.3, 0.4) is 0 Å². The molecule has 0 unspecified atom stereocenters. The Morgan fingerprint density at radius 2 is 1.90 bits per heavy atom. The Labute approximate surface area is 176 Å². The van der Waals surface area contributed by atoms with Gasteiger partial charge in [0.15, 0.2) is 0 Å². The number of rotatable bonds is 4. The third-order valence-electron chi connectivity index (χ3n) is 5.52. The summed E-state index contributed by atoms with van der Waals surface area (Å²) in [6, 6.07) is 6.75. The van der Waals surface area contributed by atoms with Gasteiger partial charge in [-0.15, -0.1) is 5.10 Å². The lowest BCUT2D eigenvalue weighted by Crippen LogP contribution is -2.11. The minimum Gasteiger partial charge on any atom is -0.464 e. The summed E-state index contributed by atoms with van der Waals surface area (Å²) in [5.74, 6) is 0.744. The average molecular weight is 417 g/mol. The van der Waals surface area contributed by atoms with Gasteiger partial charge in [0.25, 0.3) is 0 Å². The van der Waals surface area contributed by atoms with Gasteiger partial charge in [-0.05, 0) is 63.4 Å². The standard InChI is InChI=1S/C22H19N5O4/c1-10-4-7-16(25-24-10)20(28)15-8-14(18-11(2)26-31-12(18)3)9-17-19(15)23-21(13-5-6-13)27(17)22(29)30/h4,7-9,13H,5-6H2,1-3H3,(H,29,30). The number of fused-ring (bicyclic) bond motifs is 1. The highest BCUT2D eigenvalue weighted by atomic mass is 16.5. The SMILES string of the molecule is Cc1ccc(C(=O)c2cc(-c3c(C)noc3C)cc3c2nc(C2CC2)n3C(=O)O)nn1. The minimum atomic E-state index is -1.13. The number of carbonyl (C=O) groups excluding carboxylic acids is 1. The van der Waals surface area contributed by atoms with E-state index >= 15 is 0 Å². The highest BCUT2D eigenvalue weighted by molar-refractivity contribution is 6.16. The molecule has 5 rings (SSSR count). The third-order valence-corrected chi connectivity index (χ3v) is 5.52. The molecule has 1 aliphatic carbocycles. The van der Waals surface area contributed by atoms with Gasteiger partial charge in [-0.25, -0.2) is 14.3 Å². The first-order chi connectivity index (χ1) is 14.8. The van der Waals surface area contributed by atoms with Crippen molar-refractivity contribution in [1.82, 2.24) is 24.9 Å². The number of benzene rings is 1. The van der Waals surface area contributed by atoms with Crippen molar-refractivity contribution in [1.29, 1.82) is 0 Å². The van der Waals surface area contributed by atoms with Crippen LogP contribution < -0.4 is 0 Å². The molecular formula is C22H19N5O4. The van der Waals surface area contributed by atoms with Crippen LogP contribution in [0, 0.1) is 20.8 Å². The van der Waals surface area contributed by atoms with Crippen LogP contribution in [0.4, 0.5) is 4.79 Å². The van der Waals surface area contributed by atoms with Gasteiger partial charge in [0.1, 0.15) is 22.8 Å². The second-order valence-electron chi connectivity index (χ2n) is 7.84. The van der Waals surface area contributed by atoms with E-state index in [1.165, 1.54) is 4.57 Å². The van der Waals surface area contributed by atoms with Crippen molar-refractivity contribution >= 4 is 22.9 Å². The fraction of sp³-hybridized carbons (Fsp3) is 0.273. The van der Waals surface area contributed by atoms with Crippen molar-refractivity contribution in [3.63, 3.8) is 0 Å². The van der Waals surface area contributed by atoms with E-state index in [-0.39, 0.29) is 23.0 Å². The molecule has 0 saturated heterocycles. The van der Waals surface area contributed by atoms with Crippen LogP contribution in [0.5, 0.6) is 0 Å². The normalized spacial score (nSPS) is 13.6. The zero-order valence-electron chi connectivity index (χ0n) is 17.2. The molecule has 156 valence electrons. The molecule has 3 heterocycles. The minimum absolute atomic E-state index is 0.0770. The topological polar surface area (TPSA) is 124 Å². The highest BCUT2D eigenvalue weighted by Gasteiger charge is 2.33. The van der Waals surface area contributed by atoms with Crippen molar-refractivity contribution in [3.8, 4) is 11.1 Å². The molecule has 0 amide bonds. The van der Waals surface area contributed by atoms with E-state index in [1.807, 2.05) is 0 Å². The lowest BCUT2D eigenvalue weighted by atomic mass is 9.97. The Morgan fingerprint density at radius 1 is 1.13 bits per heavy atom. The molecule has 9 nitrogen and oxygen atoms in total. The van der Waals surface area contributed by atoms with Gasteiger partial charge >= 0.3 is 6.09 Å². The average Bonchev–Trinajstić information content (AvgIpc) is 3.43. The zero-order chi connectivity index (χ0) is 21.9. The van der Waals surface area contributed by atoms with Crippen LogP contribution in [-0.2, 0) is 0 Å². The number of nitrogens with zero attached hydrogens (tertiary/aromatic N) is 5. The maximum absolute atomic E-state index is 13.4. The zero-order valence-corrected chi connectivity index (χ0v) is 17.2. The van der Waals surface area contributed by atoms with E-state index in [0.717, 1.165) is 18.4 Å². The lowest BCUT2D eigenvalue weighted by Gasteiger charge is -2.08. The molecule has 0 radical (unpaired) electrons. The van der Waals surface area contributed by atoms with E-state index in [9.17, 15) is 14.7 Å². The molecule has 31 heavy (non-hydrogen) atoms. The number of hydrogen-bond donors (Lipinski definition) is 1. The molecule has 1 saturated carbocycles. The molecular weight excluding hydrogens is 398 g/mol. The van der Waals surface area contributed by atoms with E-state index in [4.69, 9.17) is 4.52 Å². The summed E-state index contributed by atoms with van der Waals surface area (Å²) in [5, 5.41) is 21.9. The number of aromatic nitrogens is 5. The van der Waals surface area contributed by atoms with Crippen LogP contribution in [-0.4, -0.2) is 41.9 Å². The molecule has 4 aromatic rings. The van der Waals surface area contributed by atoms with Crippen molar-refractivity contribution in [2.24, 2.45) is 0 Å². The Kier molecular flexibility index (Phi) is 4.21. The molecule has 3 aromatic heterocycles. The van der Waals surface area contributed by atoms with Crippen molar-refractivity contribution < 1.29 is 19.2 Å². The first-order valence-electron chi connectivity index (χ1n) is 9.93. The highest BCUT2D eigenvalue weighted by Crippen LogP contribution is 2.42. The van der Waals surface area contributed by atoms with E-state index < -0.39 is 6.09 Å².